The summed E-state index contributed by atoms with van der Waals surface area (Å²) in [4.78, 5) is 4.20. The SMILES string of the molecule is CC(C)[C@@H]1C[C@@H](CNc2cccc(-c3ncn[nH]3)c2)CCO1. The quantitative estimate of drug-likeness (QED) is 0.889. The molecule has 1 saturated heterocycles. The average Bonchev–Trinajstić information content (AvgIpc) is 3.08. The van der Waals surface area contributed by atoms with Crippen LogP contribution in [0, 0.1) is 11.8 Å². The Bertz CT molecular complexity index is 582. The normalized spacial score (nSPS) is 22.0. The van der Waals surface area contributed by atoms with E-state index in [4.69, 9.17) is 4.74 Å². The van der Waals surface area contributed by atoms with Gasteiger partial charge in [-0.05, 0) is 36.8 Å². The van der Waals surface area contributed by atoms with E-state index in [1.54, 1.807) is 0 Å². The second kappa shape index (κ2) is 6.92. The molecule has 2 aromatic rings. The topological polar surface area (TPSA) is 62.8 Å². The maximum atomic E-state index is 5.84. The molecule has 22 heavy (non-hydrogen) atoms. The maximum Gasteiger partial charge on any atom is 0.155 e. The molecule has 0 bridgehead atoms. The lowest BCUT2D eigenvalue weighted by atomic mass is 9.90. The molecule has 5 nitrogen and oxygen atoms in total. The summed E-state index contributed by atoms with van der Waals surface area (Å²) < 4.78 is 5.84. The number of benzene rings is 1. The average molecular weight is 300 g/mol. The minimum atomic E-state index is 0.404. The van der Waals surface area contributed by atoms with E-state index in [9.17, 15) is 0 Å². The molecule has 3 rings (SSSR count). The molecule has 1 aromatic heterocycles. The smallest absolute Gasteiger partial charge is 0.155 e. The Morgan fingerprint density at radius 2 is 2.32 bits per heavy atom. The molecule has 2 N–H and O–H groups in total. The molecule has 118 valence electrons. The van der Waals surface area contributed by atoms with Crippen LogP contribution >= 0.6 is 0 Å². The molecule has 0 radical (unpaired) electrons. The van der Waals surface area contributed by atoms with Crippen LogP contribution in [0.4, 0.5) is 5.69 Å². The molecule has 1 aliphatic rings. The highest BCUT2D eigenvalue weighted by Gasteiger charge is 2.24. The van der Waals surface area contributed by atoms with Crippen molar-refractivity contribution < 1.29 is 4.74 Å². The van der Waals surface area contributed by atoms with Gasteiger partial charge >= 0.3 is 0 Å². The first-order valence-corrected chi connectivity index (χ1v) is 8.03. The van der Waals surface area contributed by atoms with Crippen LogP contribution in [0.3, 0.4) is 0 Å². The van der Waals surface area contributed by atoms with Crippen LogP contribution in [0.1, 0.15) is 26.7 Å². The van der Waals surface area contributed by atoms with E-state index in [2.05, 4.69) is 46.5 Å². The van der Waals surface area contributed by atoms with Crippen molar-refractivity contribution in [2.24, 2.45) is 11.8 Å². The standard InChI is InChI=1S/C17H24N4O/c1-12(2)16-8-13(6-7-22-16)10-18-15-5-3-4-14(9-15)17-19-11-20-21-17/h3-5,9,11-13,16,18H,6-8,10H2,1-2H3,(H,19,20,21)/t13-,16-/m0/s1. The summed E-state index contributed by atoms with van der Waals surface area (Å²) in [6.07, 6.45) is 4.22. The highest BCUT2D eigenvalue weighted by Crippen LogP contribution is 2.26. The van der Waals surface area contributed by atoms with Crippen molar-refractivity contribution >= 4 is 5.69 Å². The Morgan fingerprint density at radius 1 is 1.41 bits per heavy atom. The Kier molecular flexibility index (Phi) is 4.73. The summed E-state index contributed by atoms with van der Waals surface area (Å²) in [5.41, 5.74) is 2.18. The van der Waals surface area contributed by atoms with E-state index >= 15 is 0 Å². The zero-order chi connectivity index (χ0) is 15.4. The van der Waals surface area contributed by atoms with Crippen LogP contribution in [0.5, 0.6) is 0 Å². The van der Waals surface area contributed by atoms with E-state index in [-0.39, 0.29) is 0 Å². The number of aromatic nitrogens is 3. The van der Waals surface area contributed by atoms with Gasteiger partial charge in [0.15, 0.2) is 5.82 Å². The number of H-pyrrole nitrogens is 1. The predicted molar refractivity (Wildman–Crippen MR) is 87.6 cm³/mol. The number of hydrogen-bond acceptors (Lipinski definition) is 4. The van der Waals surface area contributed by atoms with Crippen LogP contribution in [0.2, 0.25) is 0 Å². The van der Waals surface area contributed by atoms with Gasteiger partial charge in [-0.15, -0.1) is 0 Å². The minimum Gasteiger partial charge on any atom is -0.385 e. The second-order valence-electron chi connectivity index (χ2n) is 6.34. The first-order valence-electron chi connectivity index (χ1n) is 8.03. The number of nitrogens with one attached hydrogen (secondary N) is 2. The molecule has 1 aromatic carbocycles. The zero-order valence-corrected chi connectivity index (χ0v) is 13.2. The molecule has 0 spiro atoms. The van der Waals surface area contributed by atoms with E-state index in [1.807, 2.05) is 12.1 Å². The fraction of sp³-hybridized carbons (Fsp3) is 0.529. The summed E-state index contributed by atoms with van der Waals surface area (Å²) in [6, 6.07) is 8.29. The van der Waals surface area contributed by atoms with Crippen LogP contribution in [-0.2, 0) is 4.74 Å². The zero-order valence-electron chi connectivity index (χ0n) is 13.2. The summed E-state index contributed by atoms with van der Waals surface area (Å²) in [7, 11) is 0. The molecule has 0 saturated carbocycles. The van der Waals surface area contributed by atoms with Gasteiger partial charge in [0.1, 0.15) is 6.33 Å². The first kappa shape index (κ1) is 15.0. The molecule has 1 aliphatic heterocycles. The molecular formula is C17H24N4O. The van der Waals surface area contributed by atoms with Crippen LogP contribution < -0.4 is 5.32 Å². The Balaban J connectivity index is 1.58. The number of nitrogens with zero attached hydrogens (tertiary/aromatic N) is 2. The van der Waals surface area contributed by atoms with Crippen molar-refractivity contribution in [1.82, 2.24) is 15.2 Å². The molecule has 5 heteroatoms. The molecule has 0 aliphatic carbocycles. The fourth-order valence-electron chi connectivity index (χ4n) is 2.93. The third-order valence-corrected chi connectivity index (χ3v) is 4.31. The van der Waals surface area contributed by atoms with Crippen molar-refractivity contribution in [3.63, 3.8) is 0 Å². The summed E-state index contributed by atoms with van der Waals surface area (Å²) in [5, 5.41) is 10.4. The molecule has 0 unspecified atom stereocenters. The van der Waals surface area contributed by atoms with Gasteiger partial charge in [0.05, 0.1) is 6.10 Å². The van der Waals surface area contributed by atoms with Gasteiger partial charge in [-0.3, -0.25) is 5.10 Å². The first-order chi connectivity index (χ1) is 10.7. The van der Waals surface area contributed by atoms with Crippen LogP contribution in [-0.4, -0.2) is 34.4 Å². The number of rotatable bonds is 5. The van der Waals surface area contributed by atoms with Crippen molar-refractivity contribution in [1.29, 1.82) is 0 Å². The van der Waals surface area contributed by atoms with Gasteiger partial charge in [0.25, 0.3) is 0 Å². The fourth-order valence-corrected chi connectivity index (χ4v) is 2.93. The number of hydrogen-bond donors (Lipinski definition) is 2. The van der Waals surface area contributed by atoms with Gasteiger partial charge in [-0.2, -0.15) is 5.10 Å². The van der Waals surface area contributed by atoms with Gasteiger partial charge in [0.2, 0.25) is 0 Å². The van der Waals surface area contributed by atoms with Crippen molar-refractivity contribution in [3.8, 4) is 11.4 Å². The Morgan fingerprint density at radius 3 is 3.09 bits per heavy atom. The molecule has 2 atom stereocenters. The monoisotopic (exact) mass is 300 g/mol. The van der Waals surface area contributed by atoms with Crippen LogP contribution in [0.15, 0.2) is 30.6 Å². The molecule has 2 heterocycles. The predicted octanol–water partition coefficient (Wildman–Crippen LogP) is 3.33. The number of anilines is 1. The second-order valence-corrected chi connectivity index (χ2v) is 6.34. The van der Waals surface area contributed by atoms with E-state index in [0.717, 1.165) is 43.1 Å². The maximum absolute atomic E-state index is 5.84. The Labute approximate surface area is 131 Å². The third kappa shape index (κ3) is 3.65. The van der Waals surface area contributed by atoms with Crippen molar-refractivity contribution in [3.05, 3.63) is 30.6 Å². The number of ether oxygens (including phenoxy) is 1. The number of aromatic amines is 1. The van der Waals surface area contributed by atoms with Crippen molar-refractivity contribution in [2.45, 2.75) is 32.8 Å². The van der Waals surface area contributed by atoms with E-state index in [1.165, 1.54) is 6.33 Å². The Hall–Kier alpha value is -1.88. The van der Waals surface area contributed by atoms with E-state index < -0.39 is 0 Å². The van der Waals surface area contributed by atoms with Gasteiger partial charge in [-0.1, -0.05) is 26.0 Å². The third-order valence-electron chi connectivity index (χ3n) is 4.31. The molecular weight excluding hydrogens is 276 g/mol. The highest BCUT2D eigenvalue weighted by molar-refractivity contribution is 5.61. The van der Waals surface area contributed by atoms with Gasteiger partial charge < -0.3 is 10.1 Å². The largest absolute Gasteiger partial charge is 0.385 e. The van der Waals surface area contributed by atoms with E-state index in [0.29, 0.717) is 17.9 Å². The summed E-state index contributed by atoms with van der Waals surface area (Å²) in [6.45, 7) is 6.35. The van der Waals surface area contributed by atoms with Crippen molar-refractivity contribution in [2.75, 3.05) is 18.5 Å². The summed E-state index contributed by atoms with van der Waals surface area (Å²) in [5.74, 6) is 2.07. The molecule has 0 amide bonds. The van der Waals surface area contributed by atoms with Gasteiger partial charge in [-0.25, -0.2) is 4.98 Å². The summed E-state index contributed by atoms with van der Waals surface area (Å²) >= 11 is 0. The lowest BCUT2D eigenvalue weighted by Crippen LogP contribution is -2.32. The lowest BCUT2D eigenvalue weighted by Gasteiger charge is -2.32. The van der Waals surface area contributed by atoms with Gasteiger partial charge in [0, 0.05) is 24.4 Å². The highest BCUT2D eigenvalue weighted by atomic mass is 16.5. The lowest BCUT2D eigenvalue weighted by molar-refractivity contribution is -0.0314. The molecule has 1 fully saturated rings. The van der Waals surface area contributed by atoms with Crippen LogP contribution in [0.25, 0.3) is 11.4 Å². The minimum absolute atomic E-state index is 0.404.